The highest BCUT2D eigenvalue weighted by Gasteiger charge is 2.59. The number of aliphatic hydroxyl groups is 1. The Balaban J connectivity index is 1.43. The van der Waals surface area contributed by atoms with Gasteiger partial charge >= 0.3 is 0 Å². The van der Waals surface area contributed by atoms with Crippen LogP contribution in [-0.2, 0) is 14.2 Å². The lowest BCUT2D eigenvalue weighted by atomic mass is 9.80. The monoisotopic (exact) mass is 214 g/mol. The van der Waals surface area contributed by atoms with E-state index in [4.69, 9.17) is 14.2 Å². The minimum absolute atomic E-state index is 0.0370. The molecule has 0 spiro atoms. The van der Waals surface area contributed by atoms with Gasteiger partial charge in [-0.2, -0.15) is 0 Å². The molecule has 3 rings (SSSR count). The van der Waals surface area contributed by atoms with Crippen molar-refractivity contribution in [2.24, 2.45) is 11.8 Å². The minimum Gasteiger partial charge on any atom is -0.396 e. The van der Waals surface area contributed by atoms with Crippen molar-refractivity contribution in [3.8, 4) is 0 Å². The maximum atomic E-state index is 9.25. The average Bonchev–Trinajstić information content (AvgIpc) is 2.90. The Morgan fingerprint density at radius 3 is 2.53 bits per heavy atom. The molecule has 2 saturated heterocycles. The van der Waals surface area contributed by atoms with E-state index in [0.29, 0.717) is 25.0 Å². The van der Waals surface area contributed by atoms with Crippen LogP contribution in [0.5, 0.6) is 0 Å². The van der Waals surface area contributed by atoms with Crippen LogP contribution in [0.25, 0.3) is 0 Å². The zero-order valence-electron chi connectivity index (χ0n) is 8.80. The van der Waals surface area contributed by atoms with E-state index in [1.54, 1.807) is 0 Å². The van der Waals surface area contributed by atoms with Crippen molar-refractivity contribution < 1.29 is 19.3 Å². The first-order valence-electron chi connectivity index (χ1n) is 5.92. The van der Waals surface area contributed by atoms with Gasteiger partial charge in [0, 0.05) is 6.61 Å². The third-order valence-electron chi connectivity index (χ3n) is 3.79. The summed E-state index contributed by atoms with van der Waals surface area (Å²) in [5.41, 5.74) is 0. The van der Waals surface area contributed by atoms with E-state index in [0.717, 1.165) is 6.42 Å². The van der Waals surface area contributed by atoms with Crippen LogP contribution in [0, 0.1) is 11.8 Å². The summed E-state index contributed by atoms with van der Waals surface area (Å²) >= 11 is 0. The van der Waals surface area contributed by atoms with Crippen molar-refractivity contribution in [2.75, 3.05) is 13.2 Å². The van der Waals surface area contributed by atoms with Crippen LogP contribution in [0.3, 0.4) is 0 Å². The lowest BCUT2D eigenvalue weighted by Gasteiger charge is -2.32. The molecule has 3 fully saturated rings. The number of aliphatic hydroxyl groups excluding tert-OH is 1. The van der Waals surface area contributed by atoms with Crippen molar-refractivity contribution in [3.05, 3.63) is 0 Å². The molecular formula is C11H18O4. The van der Waals surface area contributed by atoms with Crippen LogP contribution in [0.15, 0.2) is 0 Å². The number of rotatable bonds is 4. The number of ether oxygens (including phenoxy) is 3. The standard InChI is InChI=1S/C11H18O4/c12-5-7-3-1-2-4-8(7)6-13-10-9-11(14-9)15-10/h7-12H,1-6H2. The Morgan fingerprint density at radius 2 is 1.93 bits per heavy atom. The first-order chi connectivity index (χ1) is 7.38. The Hall–Kier alpha value is -0.160. The average molecular weight is 214 g/mol. The summed E-state index contributed by atoms with van der Waals surface area (Å²) in [4.78, 5) is 0. The van der Waals surface area contributed by atoms with Crippen molar-refractivity contribution >= 4 is 0 Å². The largest absolute Gasteiger partial charge is 0.396 e. The van der Waals surface area contributed by atoms with Gasteiger partial charge in [-0.25, -0.2) is 0 Å². The van der Waals surface area contributed by atoms with Gasteiger partial charge in [-0.05, 0) is 24.7 Å². The second-order valence-corrected chi connectivity index (χ2v) is 4.79. The lowest BCUT2D eigenvalue weighted by Crippen LogP contribution is -2.38. The molecule has 5 unspecified atom stereocenters. The smallest absolute Gasteiger partial charge is 0.192 e. The highest BCUT2D eigenvalue weighted by molar-refractivity contribution is 4.90. The highest BCUT2D eigenvalue weighted by atomic mass is 16.9. The molecule has 2 heterocycles. The van der Waals surface area contributed by atoms with Crippen molar-refractivity contribution in [1.29, 1.82) is 0 Å². The molecule has 1 aliphatic carbocycles. The van der Waals surface area contributed by atoms with Gasteiger partial charge in [-0.1, -0.05) is 12.8 Å². The van der Waals surface area contributed by atoms with Gasteiger partial charge in [0.2, 0.25) is 0 Å². The quantitative estimate of drug-likeness (QED) is 0.706. The molecule has 0 radical (unpaired) electrons. The van der Waals surface area contributed by atoms with Crippen LogP contribution in [0.1, 0.15) is 25.7 Å². The normalized spacial score (nSPS) is 48.2. The molecule has 1 saturated carbocycles. The van der Waals surface area contributed by atoms with Crippen LogP contribution in [0.4, 0.5) is 0 Å². The Bertz CT molecular complexity index is 233. The summed E-state index contributed by atoms with van der Waals surface area (Å²) < 4.78 is 16.0. The van der Waals surface area contributed by atoms with Crippen LogP contribution in [0.2, 0.25) is 0 Å². The zero-order chi connectivity index (χ0) is 10.3. The third-order valence-corrected chi connectivity index (χ3v) is 3.79. The third kappa shape index (κ3) is 1.91. The molecule has 1 N–H and O–H groups in total. The fraction of sp³-hybridized carbons (Fsp3) is 1.00. The second kappa shape index (κ2) is 4.01. The highest BCUT2D eigenvalue weighted by Crippen LogP contribution is 2.41. The summed E-state index contributed by atoms with van der Waals surface area (Å²) in [7, 11) is 0. The molecule has 3 aliphatic rings. The summed E-state index contributed by atoms with van der Waals surface area (Å²) in [6.45, 7) is 1.00. The van der Waals surface area contributed by atoms with Crippen molar-refractivity contribution in [3.63, 3.8) is 0 Å². The molecule has 4 heteroatoms. The van der Waals surface area contributed by atoms with Gasteiger partial charge in [0.1, 0.15) is 0 Å². The first kappa shape index (κ1) is 10.0. The van der Waals surface area contributed by atoms with Gasteiger partial charge in [-0.3, -0.25) is 0 Å². The number of epoxide rings is 1. The van der Waals surface area contributed by atoms with E-state index in [1.807, 2.05) is 0 Å². The van der Waals surface area contributed by atoms with Gasteiger partial charge in [0.15, 0.2) is 18.7 Å². The molecule has 15 heavy (non-hydrogen) atoms. The number of hydrogen-bond acceptors (Lipinski definition) is 4. The SMILES string of the molecule is OCC1CCCCC1COC1OC2OC12. The molecule has 86 valence electrons. The lowest BCUT2D eigenvalue weighted by molar-refractivity contribution is -0.210. The van der Waals surface area contributed by atoms with Gasteiger partial charge < -0.3 is 19.3 Å². The summed E-state index contributed by atoms with van der Waals surface area (Å²) in [5.74, 6) is 0.930. The fourth-order valence-electron chi connectivity index (χ4n) is 2.63. The zero-order valence-corrected chi connectivity index (χ0v) is 8.80. The topological polar surface area (TPSA) is 51.2 Å². The van der Waals surface area contributed by atoms with Crippen LogP contribution < -0.4 is 0 Å². The number of hydrogen-bond donors (Lipinski definition) is 1. The van der Waals surface area contributed by atoms with Gasteiger partial charge in [0.25, 0.3) is 0 Å². The van der Waals surface area contributed by atoms with E-state index in [9.17, 15) is 5.11 Å². The molecule has 5 atom stereocenters. The molecule has 0 aromatic carbocycles. The predicted octanol–water partition coefficient (Wildman–Crippen LogP) is 0.883. The van der Waals surface area contributed by atoms with E-state index in [1.165, 1.54) is 19.3 Å². The van der Waals surface area contributed by atoms with Gasteiger partial charge in [0.05, 0.1) is 6.61 Å². The van der Waals surface area contributed by atoms with Crippen LogP contribution in [-0.4, -0.2) is 37.0 Å². The Kier molecular flexibility index (Phi) is 2.68. The first-order valence-corrected chi connectivity index (χ1v) is 5.92. The van der Waals surface area contributed by atoms with Gasteiger partial charge in [-0.15, -0.1) is 0 Å². The predicted molar refractivity (Wildman–Crippen MR) is 52.0 cm³/mol. The molecule has 0 bridgehead atoms. The Morgan fingerprint density at radius 1 is 1.13 bits per heavy atom. The van der Waals surface area contributed by atoms with E-state index >= 15 is 0 Å². The van der Waals surface area contributed by atoms with Crippen LogP contribution >= 0.6 is 0 Å². The fourth-order valence-corrected chi connectivity index (χ4v) is 2.63. The maximum absolute atomic E-state index is 9.25. The molecule has 0 aromatic rings. The molecule has 0 aromatic heterocycles. The molecule has 0 amide bonds. The maximum Gasteiger partial charge on any atom is 0.192 e. The molecule has 2 aliphatic heterocycles. The molecule has 4 nitrogen and oxygen atoms in total. The van der Waals surface area contributed by atoms with E-state index < -0.39 is 0 Å². The second-order valence-electron chi connectivity index (χ2n) is 4.79. The summed E-state index contributed by atoms with van der Waals surface area (Å²) in [5, 5.41) is 9.25. The summed E-state index contributed by atoms with van der Waals surface area (Å²) in [6, 6.07) is 0. The van der Waals surface area contributed by atoms with Crippen molar-refractivity contribution in [2.45, 2.75) is 44.4 Å². The Labute approximate surface area is 89.5 Å². The van der Waals surface area contributed by atoms with Crippen molar-refractivity contribution in [1.82, 2.24) is 0 Å². The number of fused-ring (bicyclic) bond motifs is 1. The summed E-state index contributed by atoms with van der Waals surface area (Å²) in [6.07, 6.45) is 4.94. The van der Waals surface area contributed by atoms with E-state index in [-0.39, 0.29) is 18.7 Å². The van der Waals surface area contributed by atoms with E-state index in [2.05, 4.69) is 0 Å². The minimum atomic E-state index is -0.128. The molecular weight excluding hydrogens is 196 g/mol.